The van der Waals surface area contributed by atoms with Crippen LogP contribution >= 0.6 is 0 Å². The summed E-state index contributed by atoms with van der Waals surface area (Å²) in [4.78, 5) is 4.27. The summed E-state index contributed by atoms with van der Waals surface area (Å²) in [5.74, 6) is -0.969. The van der Waals surface area contributed by atoms with E-state index in [1.807, 2.05) is 6.07 Å². The number of hydrogen-bond donors (Lipinski definition) is 0. The molecule has 108 valence electrons. The molecule has 0 atom stereocenters. The van der Waals surface area contributed by atoms with Gasteiger partial charge in [-0.1, -0.05) is 20.8 Å². The van der Waals surface area contributed by atoms with Crippen LogP contribution in [0.3, 0.4) is 0 Å². The second kappa shape index (κ2) is 4.62. The molecule has 0 fully saturated rings. The fourth-order valence-electron chi connectivity index (χ4n) is 2.10. The second-order valence-corrected chi connectivity index (χ2v) is 6.05. The van der Waals surface area contributed by atoms with Gasteiger partial charge in [0.1, 0.15) is 11.6 Å². The predicted molar refractivity (Wildman–Crippen MR) is 77.0 cm³/mol. The van der Waals surface area contributed by atoms with Crippen molar-refractivity contribution in [3.63, 3.8) is 0 Å². The van der Waals surface area contributed by atoms with Crippen molar-refractivity contribution in [3.8, 4) is 11.1 Å². The van der Waals surface area contributed by atoms with E-state index in [1.54, 1.807) is 10.7 Å². The van der Waals surface area contributed by atoms with Gasteiger partial charge < -0.3 is 0 Å². The Morgan fingerprint density at radius 2 is 1.86 bits per heavy atom. The number of rotatable bonds is 1. The minimum absolute atomic E-state index is 0.0992. The van der Waals surface area contributed by atoms with Crippen molar-refractivity contribution in [1.82, 2.24) is 14.6 Å². The van der Waals surface area contributed by atoms with E-state index in [4.69, 9.17) is 0 Å². The van der Waals surface area contributed by atoms with Crippen LogP contribution in [0.4, 0.5) is 8.78 Å². The first-order valence-corrected chi connectivity index (χ1v) is 6.66. The Labute approximate surface area is 121 Å². The minimum Gasteiger partial charge on any atom is -0.236 e. The molecule has 0 N–H and O–H groups in total. The molecule has 0 aliphatic rings. The molecule has 2 aromatic heterocycles. The van der Waals surface area contributed by atoms with Gasteiger partial charge in [0, 0.05) is 35.0 Å². The van der Waals surface area contributed by atoms with E-state index >= 15 is 0 Å². The van der Waals surface area contributed by atoms with Gasteiger partial charge in [0.25, 0.3) is 0 Å². The molecule has 0 amide bonds. The highest BCUT2D eigenvalue weighted by molar-refractivity contribution is 5.63. The van der Waals surface area contributed by atoms with Crippen LogP contribution in [0.5, 0.6) is 0 Å². The maximum Gasteiger partial charge on any atom is 0.155 e. The molecule has 0 saturated carbocycles. The summed E-state index contributed by atoms with van der Waals surface area (Å²) >= 11 is 0. The molecule has 0 unspecified atom stereocenters. The molecule has 3 rings (SSSR count). The number of nitrogens with zero attached hydrogens (tertiary/aromatic N) is 3. The van der Waals surface area contributed by atoms with Crippen molar-refractivity contribution in [3.05, 3.63) is 54.0 Å². The van der Waals surface area contributed by atoms with Crippen LogP contribution in [0.25, 0.3) is 16.8 Å². The summed E-state index contributed by atoms with van der Waals surface area (Å²) < 4.78 is 28.7. The molecule has 2 heterocycles. The molecule has 21 heavy (non-hydrogen) atoms. The molecule has 0 spiro atoms. The summed E-state index contributed by atoms with van der Waals surface area (Å²) in [6.07, 6.45) is 3.19. The number of fused-ring (bicyclic) bond motifs is 1. The van der Waals surface area contributed by atoms with Gasteiger partial charge in [-0.15, -0.1) is 0 Å². The third-order valence-corrected chi connectivity index (χ3v) is 3.32. The van der Waals surface area contributed by atoms with Crippen LogP contribution in [0.2, 0.25) is 0 Å². The second-order valence-electron chi connectivity index (χ2n) is 6.05. The fraction of sp³-hybridized carbons (Fsp3) is 0.250. The van der Waals surface area contributed by atoms with Crippen molar-refractivity contribution in [2.75, 3.05) is 0 Å². The van der Waals surface area contributed by atoms with Crippen molar-refractivity contribution >= 4 is 5.65 Å². The minimum atomic E-state index is -0.485. The summed E-state index contributed by atoms with van der Waals surface area (Å²) in [5.41, 5.74) is 2.14. The molecule has 3 nitrogen and oxygen atoms in total. The van der Waals surface area contributed by atoms with E-state index < -0.39 is 11.6 Å². The first-order valence-electron chi connectivity index (χ1n) is 6.66. The van der Waals surface area contributed by atoms with Crippen LogP contribution in [0.1, 0.15) is 26.5 Å². The zero-order valence-corrected chi connectivity index (χ0v) is 12.1. The summed E-state index contributed by atoms with van der Waals surface area (Å²) in [5, 5.41) is 4.46. The van der Waals surface area contributed by atoms with Crippen LogP contribution in [0.15, 0.2) is 36.7 Å². The normalized spacial score (nSPS) is 12.0. The third kappa shape index (κ3) is 2.51. The van der Waals surface area contributed by atoms with E-state index in [9.17, 15) is 8.78 Å². The monoisotopic (exact) mass is 287 g/mol. The van der Waals surface area contributed by atoms with Gasteiger partial charge in [-0.05, 0) is 18.2 Å². The fourth-order valence-corrected chi connectivity index (χ4v) is 2.10. The SMILES string of the molecule is CC(C)(C)c1cc2ncc(-c3cc(F)ccc3F)cn2n1. The lowest BCUT2D eigenvalue weighted by Gasteiger charge is -2.13. The van der Waals surface area contributed by atoms with E-state index in [0.717, 1.165) is 23.9 Å². The average Bonchev–Trinajstić information content (AvgIpc) is 2.84. The number of aromatic nitrogens is 3. The van der Waals surface area contributed by atoms with E-state index in [1.165, 1.54) is 6.20 Å². The number of benzene rings is 1. The van der Waals surface area contributed by atoms with Gasteiger partial charge in [-0.2, -0.15) is 5.10 Å². The molecular weight excluding hydrogens is 272 g/mol. The molecule has 0 radical (unpaired) electrons. The highest BCUT2D eigenvalue weighted by atomic mass is 19.1. The zero-order valence-electron chi connectivity index (χ0n) is 12.1. The Hall–Kier alpha value is -2.30. The number of halogens is 2. The largest absolute Gasteiger partial charge is 0.236 e. The van der Waals surface area contributed by atoms with E-state index in [-0.39, 0.29) is 11.0 Å². The Morgan fingerprint density at radius 1 is 1.10 bits per heavy atom. The van der Waals surface area contributed by atoms with Crippen molar-refractivity contribution in [1.29, 1.82) is 0 Å². The lowest BCUT2D eigenvalue weighted by molar-refractivity contribution is 0.562. The summed E-state index contributed by atoms with van der Waals surface area (Å²) in [7, 11) is 0. The van der Waals surface area contributed by atoms with E-state index in [2.05, 4.69) is 30.9 Å². The Balaban J connectivity index is 2.15. The molecule has 0 bridgehead atoms. The van der Waals surface area contributed by atoms with Gasteiger partial charge in [0.2, 0.25) is 0 Å². The average molecular weight is 287 g/mol. The number of hydrogen-bond acceptors (Lipinski definition) is 2. The molecule has 3 aromatic rings. The molecule has 0 aliphatic carbocycles. The Kier molecular flexibility index (Phi) is 3.01. The maximum atomic E-state index is 13.8. The Bertz CT molecular complexity index is 816. The van der Waals surface area contributed by atoms with Crippen molar-refractivity contribution in [2.45, 2.75) is 26.2 Å². The van der Waals surface area contributed by atoms with Gasteiger partial charge >= 0.3 is 0 Å². The van der Waals surface area contributed by atoms with Crippen molar-refractivity contribution in [2.24, 2.45) is 0 Å². The van der Waals surface area contributed by atoms with Crippen LogP contribution in [0, 0.1) is 11.6 Å². The van der Waals surface area contributed by atoms with Crippen LogP contribution in [-0.2, 0) is 5.41 Å². The third-order valence-electron chi connectivity index (χ3n) is 3.32. The standard InChI is InChI=1S/C16H15F2N3/c1-16(2,3)14-7-15-19-8-10(9-21(15)20-14)12-6-11(17)4-5-13(12)18/h4-9H,1-3H3. The lowest BCUT2D eigenvalue weighted by Crippen LogP contribution is -2.11. The van der Waals surface area contributed by atoms with Gasteiger partial charge in [0.05, 0.1) is 5.69 Å². The first kappa shape index (κ1) is 13.7. The highest BCUT2D eigenvalue weighted by Gasteiger charge is 2.18. The van der Waals surface area contributed by atoms with Crippen LogP contribution in [-0.4, -0.2) is 14.6 Å². The Morgan fingerprint density at radius 3 is 2.57 bits per heavy atom. The zero-order chi connectivity index (χ0) is 15.2. The van der Waals surface area contributed by atoms with Gasteiger partial charge in [0.15, 0.2) is 5.65 Å². The predicted octanol–water partition coefficient (Wildman–Crippen LogP) is 3.97. The smallest absolute Gasteiger partial charge is 0.155 e. The maximum absolute atomic E-state index is 13.8. The molecule has 0 aliphatic heterocycles. The topological polar surface area (TPSA) is 30.2 Å². The van der Waals surface area contributed by atoms with E-state index in [0.29, 0.717) is 11.2 Å². The highest BCUT2D eigenvalue weighted by Crippen LogP contribution is 2.25. The molecular formula is C16H15F2N3. The first-order chi connectivity index (χ1) is 9.84. The van der Waals surface area contributed by atoms with Gasteiger partial charge in [-0.25, -0.2) is 18.3 Å². The summed E-state index contributed by atoms with van der Waals surface area (Å²) in [6, 6.07) is 5.26. The quantitative estimate of drug-likeness (QED) is 0.678. The van der Waals surface area contributed by atoms with Crippen molar-refractivity contribution < 1.29 is 8.78 Å². The lowest BCUT2D eigenvalue weighted by atomic mass is 9.93. The molecule has 0 saturated heterocycles. The summed E-state index contributed by atoms with van der Waals surface area (Å²) in [6.45, 7) is 6.17. The molecule has 5 heteroatoms. The molecule has 1 aromatic carbocycles. The van der Waals surface area contributed by atoms with Crippen LogP contribution < -0.4 is 0 Å². The van der Waals surface area contributed by atoms with Gasteiger partial charge in [-0.3, -0.25) is 0 Å².